The minimum atomic E-state index is 0.0535. The van der Waals surface area contributed by atoms with Gasteiger partial charge in [-0.05, 0) is 43.4 Å². The van der Waals surface area contributed by atoms with Crippen LogP contribution < -0.4 is 10.1 Å². The molecule has 0 bridgehead atoms. The van der Waals surface area contributed by atoms with E-state index >= 15 is 0 Å². The zero-order valence-electron chi connectivity index (χ0n) is 11.2. The van der Waals surface area contributed by atoms with Crippen molar-refractivity contribution in [2.45, 2.75) is 31.0 Å². The molecule has 0 aromatic heterocycles. The van der Waals surface area contributed by atoms with Crippen LogP contribution in [0.15, 0.2) is 24.3 Å². The van der Waals surface area contributed by atoms with Gasteiger partial charge in [-0.2, -0.15) is 0 Å². The highest BCUT2D eigenvalue weighted by atomic mass is 79.9. The third-order valence-corrected chi connectivity index (χ3v) is 4.29. The van der Waals surface area contributed by atoms with E-state index in [-0.39, 0.29) is 5.91 Å². The summed E-state index contributed by atoms with van der Waals surface area (Å²) in [5, 5.41) is 2.94. The van der Waals surface area contributed by atoms with Gasteiger partial charge in [0.1, 0.15) is 5.75 Å². The standard InChI is InChI=1S/C15H20BrNO2/c1-11-3-2-4-13(9-11)19-8-7-15(18)17-10-14(16)12-5-6-12/h2-4,9,12,14H,5-8,10H2,1H3,(H,17,18). The molecular weight excluding hydrogens is 306 g/mol. The highest BCUT2D eigenvalue weighted by Crippen LogP contribution is 2.36. The summed E-state index contributed by atoms with van der Waals surface area (Å²) in [7, 11) is 0. The molecular formula is C15H20BrNO2. The normalized spacial score (nSPS) is 15.9. The van der Waals surface area contributed by atoms with Gasteiger partial charge in [0.15, 0.2) is 0 Å². The Hall–Kier alpha value is -1.03. The molecule has 3 nitrogen and oxygen atoms in total. The third kappa shape index (κ3) is 5.23. The molecule has 1 aromatic carbocycles. The minimum Gasteiger partial charge on any atom is -0.493 e. The van der Waals surface area contributed by atoms with Gasteiger partial charge in [0.05, 0.1) is 13.0 Å². The number of benzene rings is 1. The monoisotopic (exact) mass is 325 g/mol. The number of ether oxygens (including phenoxy) is 1. The van der Waals surface area contributed by atoms with Crippen LogP contribution in [0.25, 0.3) is 0 Å². The Kier molecular flexibility index (Phi) is 5.25. The molecule has 1 unspecified atom stereocenters. The van der Waals surface area contributed by atoms with E-state index in [0.717, 1.165) is 17.2 Å². The molecule has 1 N–H and O–H groups in total. The summed E-state index contributed by atoms with van der Waals surface area (Å²) in [6.45, 7) is 3.16. The van der Waals surface area contributed by atoms with Crippen LogP contribution in [-0.4, -0.2) is 23.9 Å². The van der Waals surface area contributed by atoms with Crippen molar-refractivity contribution >= 4 is 21.8 Å². The molecule has 0 aliphatic heterocycles. The maximum Gasteiger partial charge on any atom is 0.223 e. The summed E-state index contributed by atoms with van der Waals surface area (Å²) >= 11 is 3.60. The van der Waals surface area contributed by atoms with Gasteiger partial charge < -0.3 is 10.1 Å². The van der Waals surface area contributed by atoms with E-state index in [9.17, 15) is 4.79 Å². The average Bonchev–Trinajstić information content (AvgIpc) is 3.20. The highest BCUT2D eigenvalue weighted by Gasteiger charge is 2.29. The number of hydrogen-bond acceptors (Lipinski definition) is 2. The Morgan fingerprint density at radius 2 is 2.32 bits per heavy atom. The predicted molar refractivity (Wildman–Crippen MR) is 79.7 cm³/mol. The number of halogens is 1. The van der Waals surface area contributed by atoms with Crippen LogP contribution >= 0.6 is 15.9 Å². The molecule has 0 saturated heterocycles. The first kappa shape index (κ1) is 14.4. The molecule has 1 aliphatic carbocycles. The molecule has 0 radical (unpaired) electrons. The molecule has 1 amide bonds. The van der Waals surface area contributed by atoms with Gasteiger partial charge in [-0.3, -0.25) is 4.79 Å². The second-order valence-corrected chi connectivity index (χ2v) is 6.25. The molecule has 4 heteroatoms. The van der Waals surface area contributed by atoms with E-state index < -0.39 is 0 Å². The molecule has 104 valence electrons. The van der Waals surface area contributed by atoms with E-state index in [1.165, 1.54) is 12.8 Å². The zero-order chi connectivity index (χ0) is 13.7. The topological polar surface area (TPSA) is 38.3 Å². The lowest BCUT2D eigenvalue weighted by atomic mass is 10.2. The number of carbonyl (C=O) groups is 1. The van der Waals surface area contributed by atoms with Crippen molar-refractivity contribution < 1.29 is 9.53 Å². The molecule has 1 fully saturated rings. The number of aryl methyl sites for hydroxylation is 1. The Balaban J connectivity index is 1.60. The van der Waals surface area contributed by atoms with Gasteiger partial charge in [0, 0.05) is 11.4 Å². The second-order valence-electron chi connectivity index (χ2n) is 5.07. The first-order valence-corrected chi connectivity index (χ1v) is 7.67. The maximum atomic E-state index is 11.6. The molecule has 2 rings (SSSR count). The van der Waals surface area contributed by atoms with Crippen molar-refractivity contribution in [2.75, 3.05) is 13.2 Å². The summed E-state index contributed by atoms with van der Waals surface area (Å²) in [6, 6.07) is 7.86. The summed E-state index contributed by atoms with van der Waals surface area (Å²) in [5.74, 6) is 1.63. The summed E-state index contributed by atoms with van der Waals surface area (Å²) in [4.78, 5) is 12.1. The van der Waals surface area contributed by atoms with Gasteiger partial charge in [-0.25, -0.2) is 0 Å². The van der Waals surface area contributed by atoms with Crippen molar-refractivity contribution in [3.05, 3.63) is 29.8 Å². The van der Waals surface area contributed by atoms with Crippen LogP contribution in [-0.2, 0) is 4.79 Å². The summed E-state index contributed by atoms with van der Waals surface area (Å²) in [6.07, 6.45) is 2.96. The van der Waals surface area contributed by atoms with E-state index in [4.69, 9.17) is 4.74 Å². The fraction of sp³-hybridized carbons (Fsp3) is 0.533. The average molecular weight is 326 g/mol. The number of hydrogen-bond donors (Lipinski definition) is 1. The van der Waals surface area contributed by atoms with Crippen LogP contribution in [0.3, 0.4) is 0 Å². The van der Waals surface area contributed by atoms with E-state index in [2.05, 4.69) is 21.2 Å². The Bertz CT molecular complexity index is 432. The van der Waals surface area contributed by atoms with Crippen molar-refractivity contribution in [1.82, 2.24) is 5.32 Å². The number of rotatable bonds is 7. The Morgan fingerprint density at radius 3 is 3.00 bits per heavy atom. The molecule has 1 saturated carbocycles. The number of amides is 1. The largest absolute Gasteiger partial charge is 0.493 e. The van der Waals surface area contributed by atoms with Gasteiger partial charge in [-0.1, -0.05) is 28.1 Å². The molecule has 1 aliphatic rings. The number of carbonyl (C=O) groups excluding carboxylic acids is 1. The fourth-order valence-corrected chi connectivity index (χ4v) is 2.58. The summed E-state index contributed by atoms with van der Waals surface area (Å²) in [5.41, 5.74) is 1.16. The number of alkyl halides is 1. The van der Waals surface area contributed by atoms with Crippen molar-refractivity contribution in [1.29, 1.82) is 0 Å². The first-order chi connectivity index (χ1) is 9.15. The molecule has 1 atom stereocenters. The second kappa shape index (κ2) is 6.94. The highest BCUT2D eigenvalue weighted by molar-refractivity contribution is 9.09. The lowest BCUT2D eigenvalue weighted by Gasteiger charge is -2.10. The van der Waals surface area contributed by atoms with Crippen LogP contribution in [0.4, 0.5) is 0 Å². The minimum absolute atomic E-state index is 0.0535. The van der Waals surface area contributed by atoms with E-state index in [1.807, 2.05) is 31.2 Å². The van der Waals surface area contributed by atoms with Gasteiger partial charge in [0.2, 0.25) is 5.91 Å². The van der Waals surface area contributed by atoms with Crippen molar-refractivity contribution in [3.8, 4) is 5.75 Å². The van der Waals surface area contributed by atoms with Crippen molar-refractivity contribution in [3.63, 3.8) is 0 Å². The quantitative estimate of drug-likeness (QED) is 0.782. The van der Waals surface area contributed by atoms with Crippen molar-refractivity contribution in [2.24, 2.45) is 5.92 Å². The molecule has 19 heavy (non-hydrogen) atoms. The first-order valence-electron chi connectivity index (χ1n) is 6.75. The smallest absolute Gasteiger partial charge is 0.223 e. The molecule has 1 aromatic rings. The fourth-order valence-electron chi connectivity index (χ4n) is 1.89. The van der Waals surface area contributed by atoms with E-state index in [0.29, 0.717) is 24.4 Å². The number of nitrogens with one attached hydrogen (secondary N) is 1. The molecule has 0 spiro atoms. The van der Waals surface area contributed by atoms with Crippen LogP contribution in [0.1, 0.15) is 24.8 Å². The van der Waals surface area contributed by atoms with Crippen LogP contribution in [0.2, 0.25) is 0 Å². The van der Waals surface area contributed by atoms with Gasteiger partial charge in [0.25, 0.3) is 0 Å². The van der Waals surface area contributed by atoms with Gasteiger partial charge >= 0.3 is 0 Å². The van der Waals surface area contributed by atoms with Crippen LogP contribution in [0, 0.1) is 12.8 Å². The van der Waals surface area contributed by atoms with E-state index in [1.54, 1.807) is 0 Å². The lowest BCUT2D eigenvalue weighted by molar-refractivity contribution is -0.121. The maximum absolute atomic E-state index is 11.6. The summed E-state index contributed by atoms with van der Waals surface area (Å²) < 4.78 is 5.55. The Morgan fingerprint density at radius 1 is 1.53 bits per heavy atom. The predicted octanol–water partition coefficient (Wildman–Crippen LogP) is 3.05. The Labute approximate surface area is 122 Å². The molecule has 0 heterocycles. The zero-order valence-corrected chi connectivity index (χ0v) is 12.8. The SMILES string of the molecule is Cc1cccc(OCCC(=O)NCC(Br)C2CC2)c1. The lowest BCUT2D eigenvalue weighted by Crippen LogP contribution is -2.31. The van der Waals surface area contributed by atoms with Gasteiger partial charge in [-0.15, -0.1) is 0 Å². The van der Waals surface area contributed by atoms with Crippen LogP contribution in [0.5, 0.6) is 5.75 Å². The third-order valence-electron chi connectivity index (χ3n) is 3.22.